The molecule has 8 nitrogen and oxygen atoms in total. The van der Waals surface area contributed by atoms with E-state index in [9.17, 15) is 4.21 Å². The summed E-state index contributed by atoms with van der Waals surface area (Å²) in [6.45, 7) is 2.10. The van der Waals surface area contributed by atoms with Crippen molar-refractivity contribution in [2.45, 2.75) is 55.6 Å². The lowest BCUT2D eigenvalue weighted by Crippen LogP contribution is -2.42. The minimum absolute atomic E-state index is 0.359. The zero-order valence-electron chi connectivity index (χ0n) is 19.7. The third-order valence-electron chi connectivity index (χ3n) is 7.07. The number of aromatic nitrogens is 4. The van der Waals surface area contributed by atoms with E-state index in [1.807, 2.05) is 24.5 Å². The van der Waals surface area contributed by atoms with Crippen LogP contribution in [0.2, 0.25) is 0 Å². The highest BCUT2D eigenvalue weighted by molar-refractivity contribution is 7.84. The van der Waals surface area contributed by atoms with Crippen LogP contribution in [-0.4, -0.2) is 68.1 Å². The zero-order chi connectivity index (χ0) is 22.9. The van der Waals surface area contributed by atoms with Gasteiger partial charge in [-0.15, -0.1) is 0 Å². The number of nitrogens with zero attached hydrogens (tertiary/aromatic N) is 6. The van der Waals surface area contributed by atoms with Crippen LogP contribution >= 0.6 is 0 Å². The molecule has 4 heterocycles. The molecule has 5 rings (SSSR count). The van der Waals surface area contributed by atoms with Crippen LogP contribution in [0.5, 0.6) is 0 Å². The normalized spacial score (nSPS) is 19.0. The van der Waals surface area contributed by atoms with Gasteiger partial charge in [0.1, 0.15) is 16.5 Å². The van der Waals surface area contributed by atoms with Gasteiger partial charge in [-0.25, -0.2) is 9.97 Å². The van der Waals surface area contributed by atoms with Crippen molar-refractivity contribution in [3.63, 3.8) is 0 Å². The van der Waals surface area contributed by atoms with Gasteiger partial charge in [-0.2, -0.15) is 4.98 Å². The van der Waals surface area contributed by atoms with Gasteiger partial charge in [0.15, 0.2) is 0 Å². The minimum atomic E-state index is -1.07. The van der Waals surface area contributed by atoms with E-state index in [0.29, 0.717) is 18.0 Å². The number of anilines is 3. The van der Waals surface area contributed by atoms with Crippen molar-refractivity contribution in [2.75, 3.05) is 43.7 Å². The second-order valence-electron chi connectivity index (χ2n) is 9.43. The summed E-state index contributed by atoms with van der Waals surface area (Å²) in [5.74, 6) is 1.24. The van der Waals surface area contributed by atoms with E-state index in [1.54, 1.807) is 6.26 Å². The first kappa shape index (κ1) is 22.3. The molecule has 1 saturated carbocycles. The van der Waals surface area contributed by atoms with Crippen molar-refractivity contribution >= 4 is 39.3 Å². The van der Waals surface area contributed by atoms with E-state index >= 15 is 0 Å². The quantitative estimate of drug-likeness (QED) is 0.588. The van der Waals surface area contributed by atoms with Gasteiger partial charge in [0.05, 0.1) is 22.7 Å². The Morgan fingerprint density at radius 3 is 2.45 bits per heavy atom. The Morgan fingerprint density at radius 1 is 1.06 bits per heavy atom. The van der Waals surface area contributed by atoms with Crippen molar-refractivity contribution in [1.29, 1.82) is 0 Å². The number of hydrogen-bond donors (Lipinski definition) is 1. The van der Waals surface area contributed by atoms with E-state index < -0.39 is 10.8 Å². The largest absolute Gasteiger partial charge is 0.370 e. The second-order valence-corrected chi connectivity index (χ2v) is 10.8. The molecule has 1 aliphatic carbocycles. The van der Waals surface area contributed by atoms with Gasteiger partial charge in [-0.1, -0.05) is 12.8 Å². The van der Waals surface area contributed by atoms with E-state index in [1.165, 1.54) is 25.7 Å². The summed E-state index contributed by atoms with van der Waals surface area (Å²) in [6.07, 6.45) is 12.5. The number of rotatable bonds is 6. The van der Waals surface area contributed by atoms with E-state index in [0.717, 1.165) is 53.5 Å². The highest BCUT2D eigenvalue weighted by Crippen LogP contribution is 2.35. The van der Waals surface area contributed by atoms with Crippen molar-refractivity contribution in [2.24, 2.45) is 0 Å². The first-order valence-corrected chi connectivity index (χ1v) is 13.4. The fourth-order valence-corrected chi connectivity index (χ4v) is 5.99. The second kappa shape index (κ2) is 9.38. The molecule has 1 aliphatic heterocycles. The molecule has 3 aromatic rings. The topological polar surface area (TPSA) is 79.2 Å². The van der Waals surface area contributed by atoms with E-state index in [4.69, 9.17) is 4.98 Å². The van der Waals surface area contributed by atoms with Gasteiger partial charge >= 0.3 is 0 Å². The molecule has 0 spiro atoms. The molecule has 1 N–H and O–H groups in total. The Bertz CT molecular complexity index is 1130. The smallest absolute Gasteiger partial charge is 0.230 e. The average Bonchev–Trinajstić information content (AvgIpc) is 3.47. The van der Waals surface area contributed by atoms with Crippen LogP contribution in [0.25, 0.3) is 11.0 Å². The molecule has 1 unspecified atom stereocenters. The van der Waals surface area contributed by atoms with Gasteiger partial charge in [-0.05, 0) is 58.0 Å². The summed E-state index contributed by atoms with van der Waals surface area (Å²) in [7, 11) is 3.25. The summed E-state index contributed by atoms with van der Waals surface area (Å²) in [5, 5.41) is 5.03. The average molecular weight is 468 g/mol. The maximum atomic E-state index is 12.4. The molecule has 2 aliphatic rings. The number of hydrogen-bond acceptors (Lipinski definition) is 7. The molecule has 33 heavy (non-hydrogen) atoms. The molecule has 0 bridgehead atoms. The monoisotopic (exact) mass is 467 g/mol. The summed E-state index contributed by atoms with van der Waals surface area (Å²) in [6, 6.07) is 7.10. The van der Waals surface area contributed by atoms with Crippen LogP contribution in [0.1, 0.15) is 44.6 Å². The molecular weight excluding hydrogens is 434 g/mol. The van der Waals surface area contributed by atoms with Gasteiger partial charge in [-0.3, -0.25) is 4.21 Å². The third kappa shape index (κ3) is 4.61. The fourth-order valence-electron chi connectivity index (χ4n) is 5.18. The Morgan fingerprint density at radius 2 is 1.82 bits per heavy atom. The van der Waals surface area contributed by atoms with Crippen molar-refractivity contribution < 1.29 is 4.21 Å². The first-order chi connectivity index (χ1) is 16.0. The van der Waals surface area contributed by atoms with Crippen molar-refractivity contribution in [3.8, 4) is 0 Å². The summed E-state index contributed by atoms with van der Waals surface area (Å²) in [5.41, 5.74) is 2.00. The van der Waals surface area contributed by atoms with Crippen LogP contribution in [-0.2, 0) is 10.8 Å². The minimum Gasteiger partial charge on any atom is -0.370 e. The molecule has 3 aromatic heterocycles. The Balaban J connectivity index is 1.34. The molecule has 0 amide bonds. The first-order valence-electron chi connectivity index (χ1n) is 11.9. The summed E-state index contributed by atoms with van der Waals surface area (Å²) < 4.78 is 14.6. The Labute approximate surface area is 197 Å². The number of fused-ring (bicyclic) bond motifs is 1. The summed E-state index contributed by atoms with van der Waals surface area (Å²) in [4.78, 5) is 18.6. The van der Waals surface area contributed by atoms with Crippen molar-refractivity contribution in [1.82, 2.24) is 24.4 Å². The molecule has 1 saturated heterocycles. The fraction of sp³-hybridized carbons (Fsp3) is 0.542. The third-order valence-corrected chi connectivity index (χ3v) is 7.98. The van der Waals surface area contributed by atoms with E-state index in [-0.39, 0.29) is 0 Å². The van der Waals surface area contributed by atoms with Crippen molar-refractivity contribution in [3.05, 3.63) is 30.6 Å². The lowest BCUT2D eigenvalue weighted by molar-refractivity contribution is 0.249. The van der Waals surface area contributed by atoms with Gasteiger partial charge in [0, 0.05) is 43.0 Å². The highest BCUT2D eigenvalue weighted by Gasteiger charge is 2.24. The van der Waals surface area contributed by atoms with Crippen LogP contribution < -0.4 is 10.2 Å². The molecule has 176 valence electrons. The highest BCUT2D eigenvalue weighted by atomic mass is 32.2. The standard InChI is InChI=1S/C24H33N7OS/c1-29(2)18-10-12-30(13-11-18)20-8-9-21(25-16-20)27-24-26-15-17-14-22(33(3)32)31(23(17)28-24)19-6-4-5-7-19/h8-9,14-16,18-19H,4-7,10-13H2,1-3H3,(H,25,26,27,28). The summed E-state index contributed by atoms with van der Waals surface area (Å²) >= 11 is 0. The maximum absolute atomic E-state index is 12.4. The molecule has 1 atom stereocenters. The van der Waals surface area contributed by atoms with Crippen LogP contribution in [0.15, 0.2) is 35.6 Å². The predicted octanol–water partition coefficient (Wildman–Crippen LogP) is 3.95. The Hall–Kier alpha value is -2.52. The Kier molecular flexibility index (Phi) is 6.34. The van der Waals surface area contributed by atoms with Crippen LogP contribution in [0.3, 0.4) is 0 Å². The lowest BCUT2D eigenvalue weighted by atomic mass is 10.0. The zero-order valence-corrected chi connectivity index (χ0v) is 20.5. The molecule has 0 aromatic carbocycles. The van der Waals surface area contributed by atoms with Gasteiger partial charge in [0.25, 0.3) is 0 Å². The molecule has 0 radical (unpaired) electrons. The van der Waals surface area contributed by atoms with Gasteiger partial charge in [0.2, 0.25) is 5.95 Å². The molecule has 9 heteroatoms. The molecule has 2 fully saturated rings. The van der Waals surface area contributed by atoms with Crippen LogP contribution in [0, 0.1) is 0 Å². The predicted molar refractivity (Wildman–Crippen MR) is 134 cm³/mol. The SMILES string of the molecule is CN(C)C1CCN(c2ccc(Nc3ncc4cc(S(C)=O)n(C5CCCC5)c4n3)nc2)CC1. The number of piperidine rings is 1. The lowest BCUT2D eigenvalue weighted by Gasteiger charge is -2.36. The van der Waals surface area contributed by atoms with Crippen LogP contribution in [0.4, 0.5) is 17.5 Å². The maximum Gasteiger partial charge on any atom is 0.230 e. The number of nitrogens with one attached hydrogen (secondary N) is 1. The van der Waals surface area contributed by atoms with E-state index in [2.05, 4.69) is 49.8 Å². The van der Waals surface area contributed by atoms with Gasteiger partial charge < -0.3 is 19.7 Å². The molecular formula is C24H33N7OS. The number of pyridine rings is 1.